The molecule has 1 aliphatic heterocycles. The van der Waals surface area contributed by atoms with Crippen molar-refractivity contribution < 1.29 is 9.53 Å². The van der Waals surface area contributed by atoms with E-state index in [0.717, 1.165) is 38.1 Å². The molecule has 1 aromatic rings. The van der Waals surface area contributed by atoms with Crippen LogP contribution in [0.3, 0.4) is 0 Å². The number of benzene rings is 1. The number of carbonyl (C=O) groups is 1. The van der Waals surface area contributed by atoms with Gasteiger partial charge in [0.1, 0.15) is 5.75 Å². The fourth-order valence-corrected chi connectivity index (χ4v) is 4.57. The minimum absolute atomic E-state index is 0.127. The third kappa shape index (κ3) is 3.18. The number of likely N-dealkylation sites (tertiary alicyclic amines) is 1. The maximum Gasteiger partial charge on any atom is 0.225 e. The number of aryl methyl sites for hydroxylation is 1. The summed E-state index contributed by atoms with van der Waals surface area (Å²) in [7, 11) is 1.75. The number of fused-ring (bicyclic) bond motifs is 1. The summed E-state index contributed by atoms with van der Waals surface area (Å²) >= 11 is 0. The van der Waals surface area contributed by atoms with E-state index in [1.54, 1.807) is 7.11 Å². The van der Waals surface area contributed by atoms with Crippen LogP contribution >= 0.6 is 0 Å². The Hall–Kier alpha value is -1.51. The predicted octanol–water partition coefficient (Wildman–Crippen LogP) is 4.07. The van der Waals surface area contributed by atoms with Gasteiger partial charge < -0.3 is 9.64 Å². The molecule has 1 aliphatic carbocycles. The average molecular weight is 329 g/mol. The topological polar surface area (TPSA) is 29.5 Å². The molecule has 0 bridgehead atoms. The standard InChI is InChI=1S/C21H31NO2/c1-14-12-20(24-4)16(3)19-13-17(8-9-18(14)19)15(2)21(23)22-10-6-5-7-11-22/h12,15,17H,5-11,13H2,1-4H3/t15-,17+/m0/s1. The molecule has 1 saturated heterocycles. The third-order valence-corrected chi connectivity index (χ3v) is 6.23. The number of rotatable bonds is 3. The van der Waals surface area contributed by atoms with Crippen molar-refractivity contribution in [3.8, 4) is 5.75 Å². The molecule has 3 nitrogen and oxygen atoms in total. The zero-order valence-corrected chi connectivity index (χ0v) is 15.7. The lowest BCUT2D eigenvalue weighted by Gasteiger charge is -2.35. The number of nitrogens with zero attached hydrogens (tertiary/aromatic N) is 1. The predicted molar refractivity (Wildman–Crippen MR) is 97.6 cm³/mol. The van der Waals surface area contributed by atoms with Gasteiger partial charge in [-0.3, -0.25) is 4.79 Å². The van der Waals surface area contributed by atoms with Gasteiger partial charge in [-0.05, 0) is 86.6 Å². The fourth-order valence-electron chi connectivity index (χ4n) is 4.57. The molecule has 1 fully saturated rings. The Morgan fingerprint density at radius 3 is 2.58 bits per heavy atom. The molecule has 2 atom stereocenters. The molecule has 3 rings (SSSR count). The van der Waals surface area contributed by atoms with Gasteiger partial charge in [0.15, 0.2) is 0 Å². The SMILES string of the molecule is COc1cc(C)c2c(c1C)C[C@H]([C@H](C)C(=O)N1CCCCC1)CC2. The zero-order chi connectivity index (χ0) is 17.3. The van der Waals surface area contributed by atoms with E-state index in [-0.39, 0.29) is 5.92 Å². The van der Waals surface area contributed by atoms with E-state index < -0.39 is 0 Å². The summed E-state index contributed by atoms with van der Waals surface area (Å²) in [4.78, 5) is 15.0. The maximum absolute atomic E-state index is 12.9. The Balaban J connectivity index is 1.78. The van der Waals surface area contributed by atoms with E-state index in [1.807, 2.05) is 0 Å². The first-order valence-corrected chi connectivity index (χ1v) is 9.47. The number of hydrogen-bond acceptors (Lipinski definition) is 2. The van der Waals surface area contributed by atoms with Crippen LogP contribution in [0.1, 0.15) is 54.9 Å². The summed E-state index contributed by atoms with van der Waals surface area (Å²) in [5, 5.41) is 0. The van der Waals surface area contributed by atoms with Crippen LogP contribution in [0.15, 0.2) is 6.07 Å². The van der Waals surface area contributed by atoms with Crippen LogP contribution in [0.4, 0.5) is 0 Å². The van der Waals surface area contributed by atoms with Crippen molar-refractivity contribution in [1.29, 1.82) is 0 Å². The summed E-state index contributed by atoms with van der Waals surface area (Å²) in [6, 6.07) is 2.16. The van der Waals surface area contributed by atoms with E-state index in [0.29, 0.717) is 11.8 Å². The van der Waals surface area contributed by atoms with E-state index in [9.17, 15) is 4.79 Å². The van der Waals surface area contributed by atoms with Gasteiger partial charge in [-0.25, -0.2) is 0 Å². The Kier molecular flexibility index (Phi) is 5.17. The Labute approximate surface area is 146 Å². The van der Waals surface area contributed by atoms with Gasteiger partial charge in [-0.2, -0.15) is 0 Å². The molecule has 1 aromatic carbocycles. The van der Waals surface area contributed by atoms with E-state index >= 15 is 0 Å². The molecule has 0 saturated carbocycles. The number of amides is 1. The van der Waals surface area contributed by atoms with Crippen LogP contribution in [-0.4, -0.2) is 31.0 Å². The molecule has 0 unspecified atom stereocenters. The van der Waals surface area contributed by atoms with E-state index in [1.165, 1.54) is 41.5 Å². The summed E-state index contributed by atoms with van der Waals surface area (Å²) < 4.78 is 5.56. The molecule has 0 N–H and O–H groups in total. The lowest BCUT2D eigenvalue weighted by molar-refractivity contribution is -0.137. The van der Waals surface area contributed by atoms with E-state index in [4.69, 9.17) is 4.74 Å². The van der Waals surface area contributed by atoms with Gasteiger partial charge in [0, 0.05) is 19.0 Å². The molecule has 0 aromatic heterocycles. The van der Waals surface area contributed by atoms with Crippen molar-refractivity contribution in [1.82, 2.24) is 4.90 Å². The molecule has 0 radical (unpaired) electrons. The quantitative estimate of drug-likeness (QED) is 0.837. The van der Waals surface area contributed by atoms with Gasteiger partial charge in [-0.1, -0.05) is 6.92 Å². The van der Waals surface area contributed by atoms with Crippen LogP contribution < -0.4 is 4.74 Å². The van der Waals surface area contributed by atoms with E-state index in [2.05, 4.69) is 31.7 Å². The Bertz CT molecular complexity index is 617. The van der Waals surface area contributed by atoms with Crippen LogP contribution in [0.25, 0.3) is 0 Å². The highest BCUT2D eigenvalue weighted by atomic mass is 16.5. The number of ether oxygens (including phenoxy) is 1. The highest BCUT2D eigenvalue weighted by molar-refractivity contribution is 5.79. The second-order valence-corrected chi connectivity index (χ2v) is 7.66. The molecular formula is C21H31NO2. The monoisotopic (exact) mass is 329 g/mol. The largest absolute Gasteiger partial charge is 0.496 e. The minimum atomic E-state index is 0.127. The maximum atomic E-state index is 12.9. The minimum Gasteiger partial charge on any atom is -0.496 e. The second kappa shape index (κ2) is 7.16. The molecule has 2 aliphatic rings. The fraction of sp³-hybridized carbons (Fsp3) is 0.667. The summed E-state index contributed by atoms with van der Waals surface area (Å²) in [5.74, 6) is 1.95. The first-order chi connectivity index (χ1) is 11.5. The lowest BCUT2D eigenvalue weighted by Crippen LogP contribution is -2.42. The van der Waals surface area contributed by atoms with Crippen LogP contribution in [0.2, 0.25) is 0 Å². The average Bonchev–Trinajstić information content (AvgIpc) is 2.63. The molecule has 3 heteroatoms. The van der Waals surface area contributed by atoms with Gasteiger partial charge in [-0.15, -0.1) is 0 Å². The van der Waals surface area contributed by atoms with Crippen molar-refractivity contribution in [2.24, 2.45) is 11.8 Å². The third-order valence-electron chi connectivity index (χ3n) is 6.23. The van der Waals surface area contributed by atoms with Gasteiger partial charge in [0.2, 0.25) is 5.91 Å². The highest BCUT2D eigenvalue weighted by Crippen LogP contribution is 2.38. The number of hydrogen-bond donors (Lipinski definition) is 0. The van der Waals surface area contributed by atoms with Crippen molar-refractivity contribution in [2.45, 2.75) is 59.3 Å². The van der Waals surface area contributed by atoms with Gasteiger partial charge >= 0.3 is 0 Å². The van der Waals surface area contributed by atoms with Crippen LogP contribution in [0.5, 0.6) is 5.75 Å². The first kappa shape index (κ1) is 17.3. The van der Waals surface area contributed by atoms with Crippen molar-refractivity contribution in [3.63, 3.8) is 0 Å². The molecule has 1 heterocycles. The molecule has 0 spiro atoms. The second-order valence-electron chi connectivity index (χ2n) is 7.66. The first-order valence-electron chi connectivity index (χ1n) is 9.47. The molecule has 1 amide bonds. The van der Waals surface area contributed by atoms with Crippen LogP contribution in [-0.2, 0) is 17.6 Å². The highest BCUT2D eigenvalue weighted by Gasteiger charge is 2.32. The Morgan fingerprint density at radius 2 is 1.92 bits per heavy atom. The summed E-state index contributed by atoms with van der Waals surface area (Å²) in [6.45, 7) is 8.41. The lowest BCUT2D eigenvalue weighted by atomic mass is 9.74. The molecular weight excluding hydrogens is 298 g/mol. The number of carbonyl (C=O) groups excluding carboxylic acids is 1. The van der Waals surface area contributed by atoms with Crippen molar-refractivity contribution >= 4 is 5.91 Å². The molecule has 24 heavy (non-hydrogen) atoms. The summed E-state index contributed by atoms with van der Waals surface area (Å²) in [6.07, 6.45) is 6.84. The normalized spacial score (nSPS) is 22.0. The number of piperidine rings is 1. The van der Waals surface area contributed by atoms with Gasteiger partial charge in [0.25, 0.3) is 0 Å². The van der Waals surface area contributed by atoms with Gasteiger partial charge in [0.05, 0.1) is 7.11 Å². The smallest absolute Gasteiger partial charge is 0.225 e. The zero-order valence-electron chi connectivity index (χ0n) is 15.7. The Morgan fingerprint density at radius 1 is 1.21 bits per heavy atom. The van der Waals surface area contributed by atoms with Crippen molar-refractivity contribution in [3.05, 3.63) is 28.3 Å². The summed E-state index contributed by atoms with van der Waals surface area (Å²) in [5.41, 5.74) is 5.52. The van der Waals surface area contributed by atoms with Crippen LogP contribution in [0, 0.1) is 25.7 Å². The van der Waals surface area contributed by atoms with Crippen molar-refractivity contribution in [2.75, 3.05) is 20.2 Å². The number of methoxy groups -OCH3 is 1. The molecule has 132 valence electrons.